The molecule has 0 bridgehead atoms. The summed E-state index contributed by atoms with van der Waals surface area (Å²) in [5, 5.41) is 7.63. The average molecular weight is 370 g/mol. The number of benzene rings is 1. The molecule has 0 saturated heterocycles. The van der Waals surface area contributed by atoms with Crippen LogP contribution in [0.15, 0.2) is 30.2 Å². The number of methoxy groups -OCH3 is 3. The van der Waals surface area contributed by atoms with Crippen LogP contribution in [0.2, 0.25) is 0 Å². The van der Waals surface area contributed by atoms with Gasteiger partial charge in [0.25, 0.3) is 0 Å². The Morgan fingerprint density at radius 1 is 1.15 bits per heavy atom. The van der Waals surface area contributed by atoms with E-state index in [0.717, 1.165) is 11.3 Å². The molecule has 8 heteroatoms. The predicted octanol–water partition coefficient (Wildman–Crippen LogP) is 2.43. The van der Waals surface area contributed by atoms with Crippen LogP contribution in [0.3, 0.4) is 0 Å². The van der Waals surface area contributed by atoms with Crippen LogP contribution in [0.25, 0.3) is 0 Å². The van der Waals surface area contributed by atoms with Crippen molar-refractivity contribution in [2.45, 2.75) is 19.4 Å². The number of hydrogen-bond donors (Lipinski definition) is 1. The second-order valence-electron chi connectivity index (χ2n) is 6.80. The number of rotatable bonds is 4. The molecule has 0 fully saturated rings. The molecule has 1 aliphatic heterocycles. The van der Waals surface area contributed by atoms with Gasteiger partial charge in [0.15, 0.2) is 11.5 Å². The quantitative estimate of drug-likeness (QED) is 0.884. The van der Waals surface area contributed by atoms with Gasteiger partial charge >= 0.3 is 0 Å². The molecule has 0 amide bonds. The van der Waals surface area contributed by atoms with E-state index in [0.29, 0.717) is 29.6 Å². The number of carbonyl (C=O) groups is 1. The summed E-state index contributed by atoms with van der Waals surface area (Å²) in [6, 6.07) is 3.39. The van der Waals surface area contributed by atoms with Crippen molar-refractivity contribution in [3.05, 3.63) is 35.8 Å². The second-order valence-corrected chi connectivity index (χ2v) is 6.80. The minimum Gasteiger partial charge on any atom is -0.493 e. The first kappa shape index (κ1) is 17.4. The molecule has 0 saturated carbocycles. The second kappa shape index (κ2) is 6.61. The molecular formula is C19H22N4O4. The summed E-state index contributed by atoms with van der Waals surface area (Å²) >= 11 is 0. The largest absolute Gasteiger partial charge is 0.493 e. The predicted molar refractivity (Wildman–Crippen MR) is 98.2 cm³/mol. The molecule has 27 heavy (non-hydrogen) atoms. The molecule has 2 heterocycles. The maximum absolute atomic E-state index is 13.0. The lowest BCUT2D eigenvalue weighted by atomic mass is 9.78. The van der Waals surface area contributed by atoms with Gasteiger partial charge < -0.3 is 19.5 Å². The fraction of sp³-hybridized carbons (Fsp3) is 0.421. The number of nitrogens with one attached hydrogen (secondary N) is 1. The molecule has 1 aromatic carbocycles. The van der Waals surface area contributed by atoms with Crippen molar-refractivity contribution in [3.8, 4) is 17.2 Å². The summed E-state index contributed by atoms with van der Waals surface area (Å²) in [5.41, 5.74) is 1.72. The zero-order chi connectivity index (χ0) is 19.1. The maximum atomic E-state index is 13.0. The van der Waals surface area contributed by atoms with Crippen molar-refractivity contribution < 1.29 is 19.0 Å². The van der Waals surface area contributed by atoms with Crippen LogP contribution in [0.4, 0.5) is 5.95 Å². The number of ether oxygens (including phenoxy) is 3. The number of anilines is 1. The Morgan fingerprint density at radius 2 is 1.85 bits per heavy atom. The smallest absolute Gasteiger partial charge is 0.226 e. The third-order valence-corrected chi connectivity index (χ3v) is 5.11. The molecule has 1 aliphatic carbocycles. The van der Waals surface area contributed by atoms with Gasteiger partial charge in [-0.05, 0) is 23.6 Å². The third-order valence-electron chi connectivity index (χ3n) is 5.11. The Hall–Kier alpha value is -3.03. The Bertz CT molecular complexity index is 895. The van der Waals surface area contributed by atoms with E-state index in [-0.39, 0.29) is 23.7 Å². The van der Waals surface area contributed by atoms with Crippen molar-refractivity contribution in [1.82, 2.24) is 14.8 Å². The number of hydrogen-bond acceptors (Lipinski definition) is 7. The summed E-state index contributed by atoms with van der Waals surface area (Å²) in [4.78, 5) is 17.3. The Kier molecular flexibility index (Phi) is 4.25. The van der Waals surface area contributed by atoms with E-state index in [9.17, 15) is 4.79 Å². The highest BCUT2D eigenvalue weighted by Crippen LogP contribution is 2.46. The summed E-state index contributed by atoms with van der Waals surface area (Å²) in [5.74, 6) is 2.19. The van der Waals surface area contributed by atoms with Crippen LogP contribution in [0.5, 0.6) is 17.2 Å². The summed E-state index contributed by atoms with van der Waals surface area (Å²) in [6.07, 6.45) is 4.09. The van der Waals surface area contributed by atoms with Crippen LogP contribution in [0, 0.1) is 11.8 Å². The lowest BCUT2D eigenvalue weighted by molar-refractivity contribution is -0.123. The van der Waals surface area contributed by atoms with Crippen molar-refractivity contribution in [1.29, 1.82) is 0 Å². The molecule has 0 radical (unpaired) electrons. The normalized spacial score (nSPS) is 23.6. The molecule has 142 valence electrons. The minimum atomic E-state index is -0.363. The number of carbonyl (C=O) groups excluding carboxylic acids is 1. The highest BCUT2D eigenvalue weighted by atomic mass is 16.5. The first-order chi connectivity index (χ1) is 13.1. The van der Waals surface area contributed by atoms with Crippen LogP contribution in [0.1, 0.15) is 24.9 Å². The topological polar surface area (TPSA) is 87.5 Å². The van der Waals surface area contributed by atoms with E-state index in [4.69, 9.17) is 14.2 Å². The number of ketones is 1. The summed E-state index contributed by atoms with van der Waals surface area (Å²) < 4.78 is 18.2. The highest BCUT2D eigenvalue weighted by molar-refractivity contribution is 5.88. The number of aromatic nitrogens is 3. The van der Waals surface area contributed by atoms with Crippen LogP contribution >= 0.6 is 0 Å². The molecule has 8 nitrogen and oxygen atoms in total. The van der Waals surface area contributed by atoms with Crippen LogP contribution in [-0.4, -0.2) is 41.9 Å². The van der Waals surface area contributed by atoms with E-state index in [2.05, 4.69) is 21.5 Å². The van der Waals surface area contributed by atoms with Crippen molar-refractivity contribution in [2.24, 2.45) is 11.8 Å². The van der Waals surface area contributed by atoms with E-state index in [1.54, 1.807) is 26.0 Å². The first-order valence-electron chi connectivity index (χ1n) is 8.78. The van der Waals surface area contributed by atoms with Gasteiger partial charge in [-0.1, -0.05) is 13.0 Å². The summed E-state index contributed by atoms with van der Waals surface area (Å²) in [6.45, 7) is 2.04. The molecule has 1 aromatic heterocycles. The number of allylic oxidation sites excluding steroid dienone is 2. The third kappa shape index (κ3) is 2.72. The van der Waals surface area contributed by atoms with Gasteiger partial charge in [-0.2, -0.15) is 10.1 Å². The number of nitrogens with zero attached hydrogens (tertiary/aromatic N) is 3. The number of fused-ring (bicyclic) bond motifs is 2. The Labute approximate surface area is 157 Å². The van der Waals surface area contributed by atoms with Gasteiger partial charge in [0.1, 0.15) is 12.1 Å². The fourth-order valence-corrected chi connectivity index (χ4v) is 3.97. The van der Waals surface area contributed by atoms with Gasteiger partial charge in [0.2, 0.25) is 11.7 Å². The fourth-order valence-electron chi connectivity index (χ4n) is 3.97. The molecule has 0 unspecified atom stereocenters. The summed E-state index contributed by atoms with van der Waals surface area (Å²) in [7, 11) is 4.71. The van der Waals surface area contributed by atoms with Gasteiger partial charge in [-0.15, -0.1) is 0 Å². The van der Waals surface area contributed by atoms with Crippen molar-refractivity contribution in [3.63, 3.8) is 0 Å². The Morgan fingerprint density at radius 3 is 2.48 bits per heavy atom. The zero-order valence-electron chi connectivity index (χ0n) is 15.7. The standard InChI is InChI=1S/C19H22N4O4/c1-10-5-12-16(13(24)6-10)17(23-19(22-12)20-9-21-23)11-7-14(25-2)18(27-4)15(8-11)26-3/h5,7-10,16-17H,6H2,1-4H3,(H,20,21,22)/t10-,16+,17+/m1/s1. The minimum absolute atomic E-state index is 0.174. The molecule has 2 aromatic rings. The van der Waals surface area contributed by atoms with Crippen molar-refractivity contribution >= 4 is 11.7 Å². The molecule has 2 aliphatic rings. The van der Waals surface area contributed by atoms with E-state index in [1.807, 2.05) is 19.1 Å². The average Bonchev–Trinajstić information content (AvgIpc) is 3.12. The molecular weight excluding hydrogens is 348 g/mol. The highest BCUT2D eigenvalue weighted by Gasteiger charge is 2.42. The van der Waals surface area contributed by atoms with Gasteiger partial charge in [0, 0.05) is 12.1 Å². The van der Waals surface area contributed by atoms with Crippen LogP contribution in [-0.2, 0) is 4.79 Å². The van der Waals surface area contributed by atoms with E-state index in [1.165, 1.54) is 6.33 Å². The zero-order valence-corrected chi connectivity index (χ0v) is 15.7. The molecule has 0 spiro atoms. The molecule has 4 rings (SSSR count). The van der Waals surface area contributed by atoms with Gasteiger partial charge in [-0.25, -0.2) is 4.68 Å². The van der Waals surface area contributed by atoms with Gasteiger partial charge in [0.05, 0.1) is 33.3 Å². The number of Topliss-reactive ketones (excluding diaryl/α,β-unsaturated/α-hetero) is 1. The van der Waals surface area contributed by atoms with E-state index >= 15 is 0 Å². The maximum Gasteiger partial charge on any atom is 0.226 e. The SMILES string of the molecule is COc1cc([C@H]2[C@@H]3C(=O)C[C@H](C)C=C3Nc3ncnn32)cc(OC)c1OC. The monoisotopic (exact) mass is 370 g/mol. The lowest BCUT2D eigenvalue weighted by Gasteiger charge is -2.37. The van der Waals surface area contributed by atoms with Gasteiger partial charge in [-0.3, -0.25) is 4.79 Å². The molecule has 3 atom stereocenters. The van der Waals surface area contributed by atoms with E-state index < -0.39 is 0 Å². The first-order valence-corrected chi connectivity index (χ1v) is 8.78. The van der Waals surface area contributed by atoms with Crippen molar-refractivity contribution in [2.75, 3.05) is 26.6 Å². The molecule has 1 N–H and O–H groups in total. The lowest BCUT2D eigenvalue weighted by Crippen LogP contribution is -2.40. The van der Waals surface area contributed by atoms with Crippen LogP contribution < -0.4 is 19.5 Å². The Balaban J connectivity index is 1.92.